The molecule has 0 spiro atoms. The first-order valence-electron chi connectivity index (χ1n) is 6.02. The maximum Gasteiger partial charge on any atom is 0.246 e. The molecule has 0 aliphatic rings. The van der Waals surface area contributed by atoms with Crippen molar-refractivity contribution in [3.05, 3.63) is 46.3 Å². The van der Waals surface area contributed by atoms with Gasteiger partial charge in [-0.25, -0.2) is 13.1 Å². The fraction of sp³-hybridized carbons (Fsp3) is 0.308. The van der Waals surface area contributed by atoms with Gasteiger partial charge in [-0.2, -0.15) is 0 Å². The minimum Gasteiger partial charge on any atom is -0.360 e. The smallest absolute Gasteiger partial charge is 0.246 e. The zero-order valence-corrected chi connectivity index (χ0v) is 12.9. The predicted octanol–water partition coefficient (Wildman–Crippen LogP) is 2.98. The summed E-state index contributed by atoms with van der Waals surface area (Å²) in [6, 6.07) is 6.64. The van der Waals surface area contributed by atoms with Gasteiger partial charge in [-0.05, 0) is 38.5 Å². The Balaban J connectivity index is 2.29. The maximum atomic E-state index is 12.4. The third-order valence-electron chi connectivity index (χ3n) is 2.92. The number of nitrogens with zero attached hydrogens (tertiary/aromatic N) is 1. The maximum absolute atomic E-state index is 12.4. The van der Waals surface area contributed by atoms with Crippen LogP contribution in [-0.4, -0.2) is 13.6 Å². The molecule has 0 fully saturated rings. The zero-order chi connectivity index (χ0) is 14.9. The molecule has 5 nitrogen and oxygen atoms in total. The molecule has 108 valence electrons. The molecular formula is C13H15ClN2O3S. The van der Waals surface area contributed by atoms with Gasteiger partial charge < -0.3 is 4.52 Å². The molecule has 0 saturated carbocycles. The number of nitrogens with one attached hydrogen (secondary N) is 1. The lowest BCUT2D eigenvalue weighted by molar-refractivity contribution is 0.390. The Morgan fingerprint density at radius 1 is 1.35 bits per heavy atom. The molecule has 0 radical (unpaired) electrons. The monoisotopic (exact) mass is 314 g/mol. The van der Waals surface area contributed by atoms with Crippen molar-refractivity contribution in [2.24, 2.45) is 0 Å². The Labute approximate surface area is 123 Å². The topological polar surface area (TPSA) is 72.2 Å². The summed E-state index contributed by atoms with van der Waals surface area (Å²) in [5.74, 6) is 0.272. The largest absolute Gasteiger partial charge is 0.360 e. The molecule has 0 aliphatic carbocycles. The number of hydrogen-bond donors (Lipinski definition) is 1. The third-order valence-corrected chi connectivity index (χ3v) is 4.94. The van der Waals surface area contributed by atoms with Crippen molar-refractivity contribution in [3.63, 3.8) is 0 Å². The lowest BCUT2D eigenvalue weighted by atomic mass is 10.1. The van der Waals surface area contributed by atoms with Crippen LogP contribution in [0.25, 0.3) is 0 Å². The number of aryl methyl sites for hydroxylation is 2. The molecule has 2 rings (SSSR count). The van der Waals surface area contributed by atoms with Crippen LogP contribution in [0.15, 0.2) is 33.7 Å². The normalized spacial score (nSPS) is 13.4. The number of hydrogen-bond acceptors (Lipinski definition) is 4. The van der Waals surface area contributed by atoms with Gasteiger partial charge in [-0.15, -0.1) is 0 Å². The number of halogens is 1. The van der Waals surface area contributed by atoms with Gasteiger partial charge in [0.2, 0.25) is 10.0 Å². The van der Waals surface area contributed by atoms with Crippen molar-refractivity contribution in [2.75, 3.05) is 0 Å². The van der Waals surface area contributed by atoms with E-state index >= 15 is 0 Å². The van der Waals surface area contributed by atoms with Crippen LogP contribution >= 0.6 is 11.6 Å². The molecular weight excluding hydrogens is 300 g/mol. The summed E-state index contributed by atoms with van der Waals surface area (Å²) in [5.41, 5.74) is 1.13. The molecule has 1 atom stereocenters. The highest BCUT2D eigenvalue weighted by Gasteiger charge is 2.26. The van der Waals surface area contributed by atoms with E-state index in [0.717, 1.165) is 5.56 Å². The number of aromatic nitrogens is 1. The van der Waals surface area contributed by atoms with E-state index in [1.165, 1.54) is 0 Å². The van der Waals surface area contributed by atoms with E-state index in [1.807, 2.05) is 6.07 Å². The SMILES string of the molecule is Cc1noc(C)c1S(=O)(=O)N[C@H](C)c1cccc(Cl)c1. The Kier molecular flexibility index (Phi) is 4.17. The minimum absolute atomic E-state index is 0.0892. The van der Waals surface area contributed by atoms with Gasteiger partial charge in [0.1, 0.15) is 10.6 Å². The molecule has 1 aromatic heterocycles. The van der Waals surface area contributed by atoms with Crippen molar-refractivity contribution < 1.29 is 12.9 Å². The van der Waals surface area contributed by atoms with Crippen LogP contribution in [0, 0.1) is 13.8 Å². The van der Waals surface area contributed by atoms with Crippen molar-refractivity contribution in [1.29, 1.82) is 0 Å². The summed E-state index contributed by atoms with van der Waals surface area (Å²) < 4.78 is 32.2. The molecule has 20 heavy (non-hydrogen) atoms. The molecule has 0 unspecified atom stereocenters. The summed E-state index contributed by atoms with van der Waals surface area (Å²) >= 11 is 5.91. The molecule has 0 bridgehead atoms. The van der Waals surface area contributed by atoms with Crippen LogP contribution < -0.4 is 4.72 Å². The van der Waals surface area contributed by atoms with Crippen molar-refractivity contribution in [2.45, 2.75) is 31.7 Å². The lowest BCUT2D eigenvalue weighted by Gasteiger charge is -2.14. The molecule has 1 aromatic carbocycles. The standard InChI is InChI=1S/C13H15ClN2O3S/c1-8(11-5-4-6-12(14)7-11)16-20(17,18)13-9(2)15-19-10(13)3/h4-8,16H,1-3H3/t8-/m1/s1. The molecule has 1 N–H and O–H groups in total. The quantitative estimate of drug-likeness (QED) is 0.941. The van der Waals surface area contributed by atoms with E-state index in [-0.39, 0.29) is 10.7 Å². The fourth-order valence-corrected chi connectivity index (χ4v) is 3.75. The zero-order valence-electron chi connectivity index (χ0n) is 11.3. The summed E-state index contributed by atoms with van der Waals surface area (Å²) in [4.78, 5) is 0.0892. The summed E-state index contributed by atoms with van der Waals surface area (Å²) in [6.45, 7) is 4.91. The molecule has 2 aromatic rings. The van der Waals surface area contributed by atoms with Gasteiger partial charge >= 0.3 is 0 Å². The Bertz CT molecular complexity index is 705. The summed E-state index contributed by atoms with van der Waals surface area (Å²) in [5, 5.41) is 4.22. The first kappa shape index (κ1) is 15.0. The van der Waals surface area contributed by atoms with E-state index in [4.69, 9.17) is 16.1 Å². The first-order valence-corrected chi connectivity index (χ1v) is 7.88. The average Bonchev–Trinajstić information content (AvgIpc) is 2.69. The fourth-order valence-electron chi connectivity index (χ4n) is 1.99. The van der Waals surface area contributed by atoms with E-state index in [2.05, 4.69) is 9.88 Å². The highest BCUT2D eigenvalue weighted by Crippen LogP contribution is 2.23. The van der Waals surface area contributed by atoms with E-state index < -0.39 is 16.1 Å². The molecule has 1 heterocycles. The van der Waals surface area contributed by atoms with Crippen LogP contribution in [0.5, 0.6) is 0 Å². The number of sulfonamides is 1. The van der Waals surface area contributed by atoms with Crippen LogP contribution in [0.2, 0.25) is 5.02 Å². The van der Waals surface area contributed by atoms with E-state index in [9.17, 15) is 8.42 Å². The molecule has 0 saturated heterocycles. The van der Waals surface area contributed by atoms with Gasteiger partial charge in [-0.1, -0.05) is 28.9 Å². The Morgan fingerprint density at radius 2 is 2.05 bits per heavy atom. The third kappa shape index (κ3) is 3.03. The Morgan fingerprint density at radius 3 is 2.60 bits per heavy atom. The van der Waals surface area contributed by atoms with Crippen molar-refractivity contribution >= 4 is 21.6 Å². The lowest BCUT2D eigenvalue weighted by Crippen LogP contribution is -2.27. The molecule has 0 amide bonds. The second-order valence-corrected chi connectivity index (χ2v) is 6.64. The molecule has 7 heteroatoms. The minimum atomic E-state index is -3.69. The van der Waals surface area contributed by atoms with Gasteiger partial charge in [0.05, 0.1) is 0 Å². The van der Waals surface area contributed by atoms with Gasteiger partial charge in [0.25, 0.3) is 0 Å². The summed E-state index contributed by atoms with van der Waals surface area (Å²) in [7, 11) is -3.69. The van der Waals surface area contributed by atoms with Crippen LogP contribution in [-0.2, 0) is 10.0 Å². The van der Waals surface area contributed by atoms with E-state index in [0.29, 0.717) is 10.7 Å². The molecule has 0 aliphatic heterocycles. The predicted molar refractivity (Wildman–Crippen MR) is 76.2 cm³/mol. The van der Waals surface area contributed by atoms with Crippen LogP contribution in [0.1, 0.15) is 30.0 Å². The van der Waals surface area contributed by atoms with Crippen LogP contribution in [0.3, 0.4) is 0 Å². The second kappa shape index (κ2) is 5.55. The second-order valence-electron chi connectivity index (χ2n) is 4.55. The van der Waals surface area contributed by atoms with Crippen LogP contribution in [0.4, 0.5) is 0 Å². The Hall–Kier alpha value is -1.37. The van der Waals surface area contributed by atoms with Crippen molar-refractivity contribution in [3.8, 4) is 0 Å². The highest BCUT2D eigenvalue weighted by molar-refractivity contribution is 7.89. The van der Waals surface area contributed by atoms with Gasteiger partial charge in [0, 0.05) is 11.1 Å². The first-order chi connectivity index (χ1) is 9.31. The van der Waals surface area contributed by atoms with Gasteiger partial charge in [0.15, 0.2) is 5.76 Å². The highest BCUT2D eigenvalue weighted by atomic mass is 35.5. The number of rotatable bonds is 4. The number of benzene rings is 1. The van der Waals surface area contributed by atoms with E-state index in [1.54, 1.807) is 39.0 Å². The van der Waals surface area contributed by atoms with Crippen molar-refractivity contribution in [1.82, 2.24) is 9.88 Å². The van der Waals surface area contributed by atoms with Gasteiger partial charge in [-0.3, -0.25) is 0 Å². The average molecular weight is 315 g/mol. The summed E-state index contributed by atoms with van der Waals surface area (Å²) in [6.07, 6.45) is 0.